The fourth-order valence-electron chi connectivity index (χ4n) is 2.46. The molecular weight excluding hydrogens is 349 g/mol. The van der Waals surface area contributed by atoms with E-state index in [9.17, 15) is 18.0 Å². The summed E-state index contributed by atoms with van der Waals surface area (Å²) < 4.78 is 39.7. The molecule has 1 aliphatic rings. The summed E-state index contributed by atoms with van der Waals surface area (Å²) in [5.74, 6) is -0.591. The lowest BCUT2D eigenvalue weighted by Crippen LogP contribution is -2.16. The fraction of sp³-hybridized carbons (Fsp3) is 0.353. The summed E-state index contributed by atoms with van der Waals surface area (Å²) in [6.07, 6.45) is -3.02. The van der Waals surface area contributed by atoms with Gasteiger partial charge in [0.2, 0.25) is 0 Å². The van der Waals surface area contributed by atoms with Crippen molar-refractivity contribution in [3.8, 4) is 0 Å². The largest absolute Gasteiger partial charge is 0.435 e. The number of hydrogen-bond acceptors (Lipinski definition) is 4. The van der Waals surface area contributed by atoms with E-state index < -0.39 is 17.8 Å². The molecule has 0 spiro atoms. The third-order valence-corrected chi connectivity index (χ3v) is 3.94. The monoisotopic (exact) mass is 366 g/mol. The number of nitrogens with zero attached hydrogens (tertiary/aromatic N) is 3. The number of hydrogen-bond donors (Lipinski definition) is 1. The summed E-state index contributed by atoms with van der Waals surface area (Å²) in [7, 11) is 0. The van der Waals surface area contributed by atoms with Gasteiger partial charge in [0.25, 0.3) is 0 Å². The van der Waals surface area contributed by atoms with Gasteiger partial charge in [-0.05, 0) is 18.9 Å². The highest BCUT2D eigenvalue weighted by Gasteiger charge is 2.37. The molecule has 0 atom stereocenters. The second-order valence-corrected chi connectivity index (χ2v) is 6.01. The Morgan fingerprint density at radius 3 is 2.62 bits per heavy atom. The van der Waals surface area contributed by atoms with Gasteiger partial charge in [-0.1, -0.05) is 35.5 Å². The molecule has 0 saturated heterocycles. The van der Waals surface area contributed by atoms with Crippen LogP contribution in [0.3, 0.4) is 0 Å². The van der Waals surface area contributed by atoms with Crippen LogP contribution in [0.25, 0.3) is 0 Å². The fourth-order valence-corrected chi connectivity index (χ4v) is 2.46. The number of carbonyl (C=O) groups is 1. The number of amidine groups is 1. The van der Waals surface area contributed by atoms with Gasteiger partial charge in [0.15, 0.2) is 11.5 Å². The van der Waals surface area contributed by atoms with Crippen LogP contribution >= 0.6 is 0 Å². The maximum Gasteiger partial charge on any atom is 0.435 e. The summed E-state index contributed by atoms with van der Waals surface area (Å²) in [6.45, 7) is -0.0124. The summed E-state index contributed by atoms with van der Waals surface area (Å²) in [6, 6.07) is 9.78. The van der Waals surface area contributed by atoms with Crippen molar-refractivity contribution in [2.75, 3.05) is 0 Å². The number of aryl methyl sites for hydroxylation is 1. The molecule has 138 valence electrons. The van der Waals surface area contributed by atoms with E-state index in [1.165, 1.54) is 4.68 Å². The molecule has 26 heavy (non-hydrogen) atoms. The van der Waals surface area contributed by atoms with E-state index in [0.29, 0.717) is 11.3 Å². The van der Waals surface area contributed by atoms with Crippen molar-refractivity contribution in [2.24, 2.45) is 10.9 Å². The molecule has 1 aliphatic carbocycles. The van der Waals surface area contributed by atoms with Gasteiger partial charge in [0.05, 0.1) is 13.0 Å². The molecular formula is C17H17F3N4O2. The molecule has 0 radical (unpaired) electrons. The Kier molecular flexibility index (Phi) is 4.97. The molecule has 6 nitrogen and oxygen atoms in total. The van der Waals surface area contributed by atoms with Crippen LogP contribution in [0.15, 0.2) is 41.6 Å². The summed E-state index contributed by atoms with van der Waals surface area (Å²) >= 11 is 0. The molecule has 0 amide bonds. The number of rotatable bonds is 6. The van der Waals surface area contributed by atoms with E-state index in [0.717, 1.165) is 18.9 Å². The minimum atomic E-state index is -4.51. The van der Waals surface area contributed by atoms with Crippen LogP contribution < -0.4 is 5.73 Å². The first-order valence-electron chi connectivity index (χ1n) is 8.08. The summed E-state index contributed by atoms with van der Waals surface area (Å²) in [5.41, 5.74) is 5.85. The first kappa shape index (κ1) is 18.0. The van der Waals surface area contributed by atoms with Gasteiger partial charge in [-0.3, -0.25) is 4.68 Å². The van der Waals surface area contributed by atoms with E-state index in [1.807, 2.05) is 0 Å². The van der Waals surface area contributed by atoms with Crippen molar-refractivity contribution in [3.63, 3.8) is 0 Å². The lowest BCUT2D eigenvalue weighted by Gasteiger charge is -2.05. The predicted molar refractivity (Wildman–Crippen MR) is 87.1 cm³/mol. The molecule has 3 rings (SSSR count). The number of halogens is 3. The van der Waals surface area contributed by atoms with Crippen LogP contribution in [0, 0.1) is 0 Å². The van der Waals surface area contributed by atoms with Crippen molar-refractivity contribution in [3.05, 3.63) is 53.3 Å². The van der Waals surface area contributed by atoms with Gasteiger partial charge in [0.1, 0.15) is 0 Å². The van der Waals surface area contributed by atoms with Crippen LogP contribution in [0.5, 0.6) is 0 Å². The standard InChI is InChI=1S/C17H17F3N4O2/c18-17(19,20)14-10-13(11-6-7-11)24(22-14)9-8-15(25)26-23-16(21)12-4-2-1-3-5-12/h1-5,10-11H,6-9H2,(H2,21,23). The Morgan fingerprint density at radius 1 is 1.31 bits per heavy atom. The average Bonchev–Trinajstić information content (AvgIpc) is 3.36. The first-order valence-corrected chi connectivity index (χ1v) is 8.08. The molecule has 2 N–H and O–H groups in total. The first-order chi connectivity index (χ1) is 12.3. The molecule has 1 saturated carbocycles. The highest BCUT2D eigenvalue weighted by Crippen LogP contribution is 2.42. The Hall–Kier alpha value is -2.84. The Balaban J connectivity index is 1.60. The van der Waals surface area contributed by atoms with Gasteiger partial charge in [-0.2, -0.15) is 18.3 Å². The second-order valence-electron chi connectivity index (χ2n) is 6.01. The molecule has 0 bridgehead atoms. The van der Waals surface area contributed by atoms with Gasteiger partial charge < -0.3 is 10.6 Å². The van der Waals surface area contributed by atoms with E-state index in [2.05, 4.69) is 10.3 Å². The predicted octanol–water partition coefficient (Wildman–Crippen LogP) is 3.03. The van der Waals surface area contributed by atoms with Crippen molar-refractivity contribution >= 4 is 11.8 Å². The Bertz CT molecular complexity index is 811. The van der Waals surface area contributed by atoms with Crippen LogP contribution in [-0.2, 0) is 22.4 Å². The van der Waals surface area contributed by atoms with Gasteiger partial charge >= 0.3 is 12.1 Å². The van der Waals surface area contributed by atoms with E-state index in [-0.39, 0.29) is 24.7 Å². The zero-order valence-corrected chi connectivity index (χ0v) is 13.7. The normalized spacial score (nSPS) is 15.1. The number of aromatic nitrogens is 2. The van der Waals surface area contributed by atoms with E-state index in [1.54, 1.807) is 30.3 Å². The van der Waals surface area contributed by atoms with Crippen LogP contribution in [-0.4, -0.2) is 21.6 Å². The maximum atomic E-state index is 12.8. The van der Waals surface area contributed by atoms with Crippen molar-refractivity contribution in [1.29, 1.82) is 0 Å². The number of alkyl halides is 3. The van der Waals surface area contributed by atoms with Crippen molar-refractivity contribution in [1.82, 2.24) is 9.78 Å². The SMILES string of the molecule is N/C(=N\OC(=O)CCn1nc(C(F)(F)F)cc1C1CC1)c1ccccc1. The summed E-state index contributed by atoms with van der Waals surface area (Å²) in [4.78, 5) is 16.5. The lowest BCUT2D eigenvalue weighted by atomic mass is 10.2. The molecule has 1 aromatic carbocycles. The molecule has 2 aromatic rings. The molecule has 0 aliphatic heterocycles. The third-order valence-electron chi connectivity index (χ3n) is 3.94. The smallest absolute Gasteiger partial charge is 0.380 e. The Labute approximate surface area is 147 Å². The van der Waals surface area contributed by atoms with Gasteiger partial charge in [-0.25, -0.2) is 4.79 Å². The topological polar surface area (TPSA) is 82.5 Å². The quantitative estimate of drug-likeness (QED) is 0.369. The lowest BCUT2D eigenvalue weighted by molar-refractivity contribution is -0.144. The van der Waals surface area contributed by atoms with Crippen molar-refractivity contribution in [2.45, 2.75) is 37.9 Å². The molecule has 1 fully saturated rings. The van der Waals surface area contributed by atoms with Gasteiger partial charge in [-0.15, -0.1) is 0 Å². The number of benzene rings is 1. The average molecular weight is 366 g/mol. The molecule has 1 aromatic heterocycles. The zero-order chi connectivity index (χ0) is 18.7. The number of carbonyl (C=O) groups excluding carboxylic acids is 1. The van der Waals surface area contributed by atoms with E-state index >= 15 is 0 Å². The Morgan fingerprint density at radius 2 is 2.00 bits per heavy atom. The molecule has 9 heteroatoms. The minimum absolute atomic E-state index is 0.0124. The van der Waals surface area contributed by atoms with Gasteiger partial charge in [0, 0.05) is 17.2 Å². The highest BCUT2D eigenvalue weighted by atomic mass is 19.4. The van der Waals surface area contributed by atoms with Crippen LogP contribution in [0.4, 0.5) is 13.2 Å². The molecule has 0 unspecified atom stereocenters. The van der Waals surface area contributed by atoms with Crippen molar-refractivity contribution < 1.29 is 22.8 Å². The number of oxime groups is 1. The van der Waals surface area contributed by atoms with Crippen LogP contribution in [0.2, 0.25) is 0 Å². The highest BCUT2D eigenvalue weighted by molar-refractivity contribution is 5.97. The minimum Gasteiger partial charge on any atom is -0.380 e. The summed E-state index contributed by atoms with van der Waals surface area (Å²) in [5, 5.41) is 7.14. The number of nitrogens with two attached hydrogens (primary N) is 1. The van der Waals surface area contributed by atoms with E-state index in [4.69, 9.17) is 10.6 Å². The second kappa shape index (κ2) is 7.19. The zero-order valence-electron chi connectivity index (χ0n) is 13.7. The van der Waals surface area contributed by atoms with Crippen LogP contribution in [0.1, 0.15) is 42.1 Å². The maximum absolute atomic E-state index is 12.8. The third kappa shape index (κ3) is 4.41. The molecule has 1 heterocycles.